The number of ether oxygens (including phenoxy) is 1. The smallest absolute Gasteiger partial charge is 0.160 e. The third-order valence-electron chi connectivity index (χ3n) is 3.19. The Labute approximate surface area is 145 Å². The van der Waals surface area contributed by atoms with Crippen LogP contribution in [0.1, 0.15) is 44.8 Å². The third-order valence-corrected chi connectivity index (χ3v) is 5.31. The largest absolute Gasteiger partial charge is 0.369 e. The molecule has 1 atom stereocenters. The molecule has 21 heavy (non-hydrogen) atoms. The summed E-state index contributed by atoms with van der Waals surface area (Å²) in [5.41, 5.74) is 1.15. The fourth-order valence-corrected chi connectivity index (χ4v) is 3.67. The molecule has 1 N–H and O–H groups in total. The summed E-state index contributed by atoms with van der Waals surface area (Å²) < 4.78 is 7.00. The van der Waals surface area contributed by atoms with Gasteiger partial charge >= 0.3 is 0 Å². The zero-order valence-corrected chi connectivity index (χ0v) is 16.0. The number of anilines is 1. The maximum atomic E-state index is 5.85. The maximum absolute atomic E-state index is 5.85. The van der Waals surface area contributed by atoms with Crippen LogP contribution in [0.4, 0.5) is 5.82 Å². The van der Waals surface area contributed by atoms with Crippen molar-refractivity contribution in [3.05, 3.63) is 15.1 Å². The highest BCUT2D eigenvalue weighted by Crippen LogP contribution is 2.28. The van der Waals surface area contributed by atoms with Gasteiger partial charge in [-0.15, -0.1) is 0 Å². The quantitative estimate of drug-likeness (QED) is 0.706. The van der Waals surface area contributed by atoms with Gasteiger partial charge in [-0.05, 0) is 41.4 Å². The van der Waals surface area contributed by atoms with Crippen molar-refractivity contribution in [3.8, 4) is 0 Å². The summed E-state index contributed by atoms with van der Waals surface area (Å²) >= 11 is 4.29. The highest BCUT2D eigenvalue weighted by molar-refractivity contribution is 14.1. The topological polar surface area (TPSA) is 47.0 Å². The summed E-state index contributed by atoms with van der Waals surface area (Å²) in [5, 5.41) is 3.43. The Morgan fingerprint density at radius 2 is 2.24 bits per heavy atom. The molecule has 0 aliphatic carbocycles. The standard InChI is InChI=1S/C15H24IN3OS/c1-4-5-17-15-13(16)11(8-10(2)3)18-14(19-15)12-9-21-7-6-20-12/h10,12H,4-9H2,1-3H3,(H,17,18,19). The van der Waals surface area contributed by atoms with Crippen LogP contribution in [0.3, 0.4) is 0 Å². The van der Waals surface area contributed by atoms with Crippen molar-refractivity contribution >= 4 is 40.2 Å². The van der Waals surface area contributed by atoms with Gasteiger partial charge in [0.15, 0.2) is 5.82 Å². The monoisotopic (exact) mass is 421 g/mol. The predicted octanol–water partition coefficient (Wildman–Crippen LogP) is 3.91. The molecule has 0 saturated carbocycles. The Hall–Kier alpha value is -0.0800. The SMILES string of the molecule is CCCNc1nc(C2CSCCO2)nc(CC(C)C)c1I. The number of aromatic nitrogens is 2. The molecule has 2 heterocycles. The molecule has 1 aliphatic rings. The first-order chi connectivity index (χ1) is 10.1. The van der Waals surface area contributed by atoms with Crippen LogP contribution in [0.5, 0.6) is 0 Å². The molecule has 1 aromatic rings. The van der Waals surface area contributed by atoms with E-state index in [0.29, 0.717) is 5.92 Å². The fraction of sp³-hybridized carbons (Fsp3) is 0.733. The van der Waals surface area contributed by atoms with E-state index in [1.807, 2.05) is 11.8 Å². The second-order valence-corrected chi connectivity index (χ2v) is 7.88. The predicted molar refractivity (Wildman–Crippen MR) is 98.1 cm³/mol. The first-order valence-electron chi connectivity index (χ1n) is 7.61. The van der Waals surface area contributed by atoms with E-state index in [1.165, 1.54) is 0 Å². The Morgan fingerprint density at radius 1 is 1.43 bits per heavy atom. The van der Waals surface area contributed by atoms with Gasteiger partial charge in [-0.25, -0.2) is 9.97 Å². The van der Waals surface area contributed by atoms with Crippen LogP contribution in [0.2, 0.25) is 0 Å². The summed E-state index contributed by atoms with van der Waals surface area (Å²) in [6, 6.07) is 0. The van der Waals surface area contributed by atoms with E-state index < -0.39 is 0 Å². The molecule has 6 heteroatoms. The first kappa shape index (κ1) is 17.3. The third kappa shape index (κ3) is 4.96. The molecule has 1 aromatic heterocycles. The summed E-state index contributed by atoms with van der Waals surface area (Å²) in [5.74, 6) is 4.42. The Balaban J connectivity index is 2.29. The van der Waals surface area contributed by atoms with E-state index in [0.717, 1.165) is 58.4 Å². The highest BCUT2D eigenvalue weighted by atomic mass is 127. The Bertz CT molecular complexity index is 464. The van der Waals surface area contributed by atoms with Crippen LogP contribution in [0.15, 0.2) is 0 Å². The maximum Gasteiger partial charge on any atom is 0.160 e. The van der Waals surface area contributed by atoms with Crippen LogP contribution < -0.4 is 5.32 Å². The Kier molecular flexibility index (Phi) is 7.01. The lowest BCUT2D eigenvalue weighted by Crippen LogP contribution is -2.21. The molecule has 0 radical (unpaired) electrons. The van der Waals surface area contributed by atoms with Gasteiger partial charge in [-0.1, -0.05) is 20.8 Å². The average Bonchev–Trinajstić information content (AvgIpc) is 2.48. The second kappa shape index (κ2) is 8.53. The van der Waals surface area contributed by atoms with Crippen LogP contribution in [0, 0.1) is 9.49 Å². The van der Waals surface area contributed by atoms with Gasteiger partial charge in [0.2, 0.25) is 0 Å². The molecule has 118 valence electrons. The van der Waals surface area contributed by atoms with Crippen molar-refractivity contribution in [3.63, 3.8) is 0 Å². The van der Waals surface area contributed by atoms with E-state index in [-0.39, 0.29) is 6.10 Å². The van der Waals surface area contributed by atoms with Crippen molar-refractivity contribution in [2.24, 2.45) is 5.92 Å². The van der Waals surface area contributed by atoms with Crippen molar-refractivity contribution < 1.29 is 4.74 Å². The van der Waals surface area contributed by atoms with Gasteiger partial charge in [0.25, 0.3) is 0 Å². The first-order valence-corrected chi connectivity index (χ1v) is 9.84. The van der Waals surface area contributed by atoms with Crippen molar-refractivity contribution in [1.29, 1.82) is 0 Å². The van der Waals surface area contributed by atoms with Crippen molar-refractivity contribution in [2.45, 2.75) is 39.7 Å². The summed E-state index contributed by atoms with van der Waals surface area (Å²) in [7, 11) is 0. The zero-order chi connectivity index (χ0) is 15.2. The number of hydrogen-bond acceptors (Lipinski definition) is 5. The lowest BCUT2D eigenvalue weighted by molar-refractivity contribution is 0.0693. The summed E-state index contributed by atoms with van der Waals surface area (Å²) in [6.07, 6.45) is 2.10. The van der Waals surface area contributed by atoms with Gasteiger partial charge in [0.05, 0.1) is 15.9 Å². The van der Waals surface area contributed by atoms with Gasteiger partial charge in [0, 0.05) is 18.1 Å². The van der Waals surface area contributed by atoms with Gasteiger partial charge < -0.3 is 10.1 Å². The van der Waals surface area contributed by atoms with E-state index in [9.17, 15) is 0 Å². The molecule has 0 bridgehead atoms. The minimum atomic E-state index is 0.0360. The molecule has 1 aliphatic heterocycles. The minimum absolute atomic E-state index is 0.0360. The molecule has 0 aromatic carbocycles. The van der Waals surface area contributed by atoms with Crippen LogP contribution in [-0.2, 0) is 11.2 Å². The second-order valence-electron chi connectivity index (χ2n) is 5.65. The lowest BCUT2D eigenvalue weighted by atomic mass is 10.1. The van der Waals surface area contributed by atoms with Crippen LogP contribution in [-0.4, -0.2) is 34.6 Å². The number of nitrogens with zero attached hydrogens (tertiary/aromatic N) is 2. The highest BCUT2D eigenvalue weighted by Gasteiger charge is 2.22. The minimum Gasteiger partial charge on any atom is -0.369 e. The van der Waals surface area contributed by atoms with Crippen molar-refractivity contribution in [2.75, 3.05) is 30.0 Å². The summed E-state index contributed by atoms with van der Waals surface area (Å²) in [4.78, 5) is 9.54. The van der Waals surface area contributed by atoms with E-state index >= 15 is 0 Å². The van der Waals surface area contributed by atoms with Crippen molar-refractivity contribution in [1.82, 2.24) is 9.97 Å². The average molecular weight is 421 g/mol. The van der Waals surface area contributed by atoms with Crippen LogP contribution in [0.25, 0.3) is 0 Å². The number of hydrogen-bond donors (Lipinski definition) is 1. The normalized spacial score (nSPS) is 19.0. The Morgan fingerprint density at radius 3 is 2.86 bits per heavy atom. The molecule has 2 rings (SSSR count). The van der Waals surface area contributed by atoms with Gasteiger partial charge in [0.1, 0.15) is 11.9 Å². The molecule has 1 fully saturated rings. The van der Waals surface area contributed by atoms with E-state index in [2.05, 4.69) is 48.7 Å². The zero-order valence-electron chi connectivity index (χ0n) is 13.0. The molecular weight excluding hydrogens is 397 g/mol. The molecule has 0 spiro atoms. The lowest BCUT2D eigenvalue weighted by Gasteiger charge is -2.23. The molecule has 1 unspecified atom stereocenters. The number of halogens is 1. The fourth-order valence-electron chi connectivity index (χ4n) is 2.18. The molecule has 0 amide bonds. The summed E-state index contributed by atoms with van der Waals surface area (Å²) in [6.45, 7) is 8.35. The van der Waals surface area contributed by atoms with Gasteiger partial charge in [-0.2, -0.15) is 11.8 Å². The van der Waals surface area contributed by atoms with E-state index in [4.69, 9.17) is 14.7 Å². The molecule has 4 nitrogen and oxygen atoms in total. The molecule has 1 saturated heterocycles. The van der Waals surface area contributed by atoms with E-state index in [1.54, 1.807) is 0 Å². The number of rotatable bonds is 6. The number of nitrogens with one attached hydrogen (secondary N) is 1. The molecular formula is C15H24IN3OS. The van der Waals surface area contributed by atoms with Gasteiger partial charge in [-0.3, -0.25) is 0 Å². The van der Waals surface area contributed by atoms with Crippen LogP contribution >= 0.6 is 34.4 Å². The number of thioether (sulfide) groups is 1.